The van der Waals surface area contributed by atoms with Gasteiger partial charge in [0.15, 0.2) is 0 Å². The lowest BCUT2D eigenvalue weighted by atomic mass is 10.0. The van der Waals surface area contributed by atoms with E-state index in [2.05, 4.69) is 10.3 Å². The number of fused-ring (bicyclic) bond motifs is 1. The molecule has 1 aromatic rings. The number of amides is 2. The molecule has 1 aliphatic carbocycles. The van der Waals surface area contributed by atoms with Gasteiger partial charge >= 0.3 is 12.0 Å². The first kappa shape index (κ1) is 12.9. The molecule has 2 amide bonds. The van der Waals surface area contributed by atoms with Gasteiger partial charge in [0.2, 0.25) is 0 Å². The molecule has 1 aliphatic heterocycles. The maximum atomic E-state index is 12.2. The Hall–Kier alpha value is -2.11. The molecule has 2 heterocycles. The molecular formula is C14H17N3O3. The molecule has 3 rings (SSSR count). The number of hydrogen-bond donors (Lipinski definition) is 2. The van der Waals surface area contributed by atoms with Crippen molar-refractivity contribution in [2.45, 2.75) is 19.3 Å². The van der Waals surface area contributed by atoms with E-state index in [1.807, 2.05) is 4.90 Å². The van der Waals surface area contributed by atoms with Crippen LogP contribution in [-0.2, 0) is 0 Å². The average Bonchev–Trinajstić information content (AvgIpc) is 2.99. The van der Waals surface area contributed by atoms with E-state index in [0.717, 1.165) is 13.1 Å². The van der Waals surface area contributed by atoms with Crippen molar-refractivity contribution in [2.75, 3.05) is 18.4 Å². The Balaban J connectivity index is 1.64. The van der Waals surface area contributed by atoms with Crippen molar-refractivity contribution in [1.82, 2.24) is 9.88 Å². The number of urea groups is 1. The van der Waals surface area contributed by atoms with Gasteiger partial charge in [0.1, 0.15) is 0 Å². The maximum absolute atomic E-state index is 12.2. The summed E-state index contributed by atoms with van der Waals surface area (Å²) in [4.78, 5) is 28.7. The highest BCUT2D eigenvalue weighted by Crippen LogP contribution is 2.37. The van der Waals surface area contributed by atoms with Crippen LogP contribution in [0.5, 0.6) is 0 Å². The highest BCUT2D eigenvalue weighted by atomic mass is 16.4. The fourth-order valence-corrected chi connectivity index (χ4v) is 3.23. The van der Waals surface area contributed by atoms with Gasteiger partial charge in [-0.25, -0.2) is 9.59 Å². The Bertz CT molecular complexity index is 534. The number of carbonyl (C=O) groups excluding carboxylic acids is 1. The first-order valence-electron chi connectivity index (χ1n) is 6.88. The summed E-state index contributed by atoms with van der Waals surface area (Å²) in [6.07, 6.45) is 6.42. The Morgan fingerprint density at radius 2 is 1.95 bits per heavy atom. The van der Waals surface area contributed by atoms with Crippen LogP contribution in [0.1, 0.15) is 29.6 Å². The fourth-order valence-electron chi connectivity index (χ4n) is 3.23. The van der Waals surface area contributed by atoms with Crippen LogP contribution in [0.3, 0.4) is 0 Å². The molecule has 1 saturated carbocycles. The first-order chi connectivity index (χ1) is 9.63. The monoisotopic (exact) mass is 275 g/mol. The van der Waals surface area contributed by atoms with Gasteiger partial charge in [-0.1, -0.05) is 6.42 Å². The lowest BCUT2D eigenvalue weighted by molar-refractivity contribution is 0.0696. The van der Waals surface area contributed by atoms with Crippen molar-refractivity contribution >= 4 is 17.7 Å². The zero-order valence-corrected chi connectivity index (χ0v) is 11.1. The van der Waals surface area contributed by atoms with Crippen molar-refractivity contribution in [3.05, 3.63) is 24.0 Å². The number of hydrogen-bond acceptors (Lipinski definition) is 3. The number of rotatable bonds is 2. The van der Waals surface area contributed by atoms with Crippen LogP contribution < -0.4 is 5.32 Å². The summed E-state index contributed by atoms with van der Waals surface area (Å²) in [7, 11) is 0. The minimum Gasteiger partial charge on any atom is -0.478 e. The molecule has 1 aromatic heterocycles. The van der Waals surface area contributed by atoms with Gasteiger partial charge in [-0.2, -0.15) is 0 Å². The van der Waals surface area contributed by atoms with Crippen molar-refractivity contribution in [3.8, 4) is 0 Å². The molecule has 0 radical (unpaired) electrons. The second kappa shape index (κ2) is 5.11. The number of nitrogens with one attached hydrogen (secondary N) is 1. The first-order valence-corrected chi connectivity index (χ1v) is 6.88. The third-order valence-electron chi connectivity index (χ3n) is 4.25. The zero-order valence-electron chi connectivity index (χ0n) is 11.1. The summed E-state index contributed by atoms with van der Waals surface area (Å²) in [5.74, 6) is 0.234. The van der Waals surface area contributed by atoms with Crippen LogP contribution in [0.25, 0.3) is 0 Å². The smallest absolute Gasteiger partial charge is 0.337 e. The van der Waals surface area contributed by atoms with E-state index in [0.29, 0.717) is 17.5 Å². The Labute approximate surface area is 116 Å². The Morgan fingerprint density at radius 1 is 1.25 bits per heavy atom. The van der Waals surface area contributed by atoms with Gasteiger partial charge in [0.05, 0.1) is 17.4 Å². The molecule has 6 heteroatoms. The second-order valence-electron chi connectivity index (χ2n) is 5.55. The molecule has 20 heavy (non-hydrogen) atoms. The van der Waals surface area contributed by atoms with Crippen LogP contribution in [0.2, 0.25) is 0 Å². The lowest BCUT2D eigenvalue weighted by Crippen LogP contribution is -2.33. The number of aromatic nitrogens is 1. The van der Waals surface area contributed by atoms with Gasteiger partial charge in [-0.05, 0) is 30.7 Å². The minimum atomic E-state index is -1.05. The van der Waals surface area contributed by atoms with Crippen molar-refractivity contribution in [2.24, 2.45) is 11.8 Å². The molecule has 6 nitrogen and oxygen atoms in total. The molecule has 0 bridgehead atoms. The SMILES string of the molecule is O=C(O)c1cncc(NC(=O)N2CC3CCCC3C2)c1. The molecule has 2 atom stereocenters. The normalized spacial score (nSPS) is 24.5. The number of pyridine rings is 1. The van der Waals surface area contributed by atoms with Crippen molar-refractivity contribution < 1.29 is 14.7 Å². The van der Waals surface area contributed by atoms with E-state index < -0.39 is 5.97 Å². The summed E-state index contributed by atoms with van der Waals surface area (Å²) in [5.41, 5.74) is 0.494. The number of carboxylic acid groups (broad SMARTS) is 1. The van der Waals surface area contributed by atoms with E-state index in [1.165, 1.54) is 37.7 Å². The third-order valence-corrected chi connectivity index (χ3v) is 4.25. The number of aromatic carboxylic acids is 1. The molecule has 106 valence electrons. The van der Waals surface area contributed by atoms with E-state index in [1.54, 1.807) is 0 Å². The number of likely N-dealkylation sites (tertiary alicyclic amines) is 1. The van der Waals surface area contributed by atoms with Crippen LogP contribution in [0.15, 0.2) is 18.5 Å². The quantitative estimate of drug-likeness (QED) is 0.865. The summed E-state index contributed by atoms with van der Waals surface area (Å²) in [6, 6.07) is 1.26. The van der Waals surface area contributed by atoms with E-state index in [-0.39, 0.29) is 11.6 Å². The zero-order chi connectivity index (χ0) is 14.1. The van der Waals surface area contributed by atoms with E-state index in [9.17, 15) is 9.59 Å². The molecular weight excluding hydrogens is 258 g/mol. The van der Waals surface area contributed by atoms with Gasteiger partial charge in [-0.15, -0.1) is 0 Å². The maximum Gasteiger partial charge on any atom is 0.337 e. The van der Waals surface area contributed by atoms with Gasteiger partial charge in [0, 0.05) is 19.3 Å². The standard InChI is InChI=1S/C14H17N3O3/c18-13(19)11-4-12(6-15-5-11)16-14(20)17-7-9-2-1-3-10(9)8-17/h4-6,9-10H,1-3,7-8H2,(H,16,20)(H,18,19). The third kappa shape index (κ3) is 2.45. The average molecular weight is 275 g/mol. The summed E-state index contributed by atoms with van der Waals surface area (Å²) >= 11 is 0. The highest BCUT2D eigenvalue weighted by molar-refractivity contribution is 5.92. The van der Waals surface area contributed by atoms with Gasteiger partial charge < -0.3 is 15.3 Å². The highest BCUT2D eigenvalue weighted by Gasteiger charge is 2.37. The molecule has 0 aromatic carbocycles. The molecule has 2 N–H and O–H groups in total. The van der Waals surface area contributed by atoms with E-state index in [4.69, 9.17) is 5.11 Å². The van der Waals surface area contributed by atoms with Crippen molar-refractivity contribution in [1.29, 1.82) is 0 Å². The molecule has 2 unspecified atom stereocenters. The second-order valence-corrected chi connectivity index (χ2v) is 5.55. The Morgan fingerprint density at radius 3 is 2.60 bits per heavy atom. The topological polar surface area (TPSA) is 82.5 Å². The molecule has 2 fully saturated rings. The lowest BCUT2D eigenvalue weighted by Gasteiger charge is -2.18. The van der Waals surface area contributed by atoms with Gasteiger partial charge in [-0.3, -0.25) is 4.98 Å². The summed E-state index contributed by atoms with van der Waals surface area (Å²) < 4.78 is 0. The summed E-state index contributed by atoms with van der Waals surface area (Å²) in [6.45, 7) is 1.62. The number of carbonyl (C=O) groups is 2. The predicted octanol–water partition coefficient (Wildman–Crippen LogP) is 2.04. The minimum absolute atomic E-state index is 0.0705. The van der Waals surface area contributed by atoms with Gasteiger partial charge in [0.25, 0.3) is 0 Å². The number of anilines is 1. The largest absolute Gasteiger partial charge is 0.478 e. The molecule has 2 aliphatic rings. The Kier molecular flexibility index (Phi) is 3.30. The van der Waals surface area contributed by atoms with Crippen LogP contribution in [-0.4, -0.2) is 40.1 Å². The fraction of sp³-hybridized carbons (Fsp3) is 0.500. The summed E-state index contributed by atoms with van der Waals surface area (Å²) in [5, 5.41) is 11.6. The van der Waals surface area contributed by atoms with E-state index >= 15 is 0 Å². The van der Waals surface area contributed by atoms with Crippen LogP contribution in [0.4, 0.5) is 10.5 Å². The molecule has 0 spiro atoms. The molecule has 1 saturated heterocycles. The van der Waals surface area contributed by atoms with Crippen LogP contribution >= 0.6 is 0 Å². The predicted molar refractivity (Wildman–Crippen MR) is 72.6 cm³/mol. The van der Waals surface area contributed by atoms with Crippen molar-refractivity contribution in [3.63, 3.8) is 0 Å². The van der Waals surface area contributed by atoms with Crippen LogP contribution in [0, 0.1) is 11.8 Å². The number of nitrogens with zero attached hydrogens (tertiary/aromatic N) is 2. The number of carboxylic acids is 1.